The molecule has 0 saturated carbocycles. The van der Waals surface area contributed by atoms with E-state index in [-0.39, 0.29) is 24.1 Å². The second-order valence-corrected chi connectivity index (χ2v) is 10.4. The van der Waals surface area contributed by atoms with Crippen molar-refractivity contribution in [3.8, 4) is 0 Å². The van der Waals surface area contributed by atoms with Crippen LogP contribution in [-0.4, -0.2) is 64.0 Å². The summed E-state index contributed by atoms with van der Waals surface area (Å²) in [4.78, 5) is 38.6. The zero-order valence-electron chi connectivity index (χ0n) is 21.7. The first-order valence-corrected chi connectivity index (χ1v) is 13.4. The van der Waals surface area contributed by atoms with E-state index in [2.05, 4.69) is 28.1 Å². The van der Waals surface area contributed by atoms with Gasteiger partial charge in [-0.05, 0) is 66.6 Å². The number of para-hydroxylation sites is 2. The largest absolute Gasteiger partial charge is 0.361 e. The van der Waals surface area contributed by atoms with Crippen molar-refractivity contribution in [2.24, 2.45) is 0 Å². The molecular weight excluding hydrogens is 474 g/mol. The van der Waals surface area contributed by atoms with Gasteiger partial charge in [0.25, 0.3) is 0 Å². The Morgan fingerprint density at radius 3 is 2.11 bits per heavy atom. The monoisotopic (exact) mass is 507 g/mol. The van der Waals surface area contributed by atoms with Gasteiger partial charge in [0.05, 0.1) is 23.5 Å². The molecule has 6 rings (SSSR count). The molecule has 2 bridgehead atoms. The Balaban J connectivity index is 1.20. The lowest BCUT2D eigenvalue weighted by Crippen LogP contribution is -2.66. The van der Waals surface area contributed by atoms with Crippen LogP contribution < -0.4 is 4.90 Å². The minimum absolute atomic E-state index is 0.0145. The second-order valence-electron chi connectivity index (χ2n) is 10.4. The van der Waals surface area contributed by atoms with Crippen molar-refractivity contribution in [3.63, 3.8) is 0 Å². The first kappa shape index (κ1) is 24.1. The average molecular weight is 508 g/mol. The number of benzene rings is 3. The van der Waals surface area contributed by atoms with Crippen LogP contribution in [0.5, 0.6) is 0 Å². The number of rotatable bonds is 4. The quantitative estimate of drug-likeness (QED) is 0.357. The molecule has 194 valence electrons. The van der Waals surface area contributed by atoms with Crippen LogP contribution in [0.25, 0.3) is 10.9 Å². The summed E-state index contributed by atoms with van der Waals surface area (Å²) in [5, 5.41) is 1.16. The number of fused-ring (bicyclic) bond motifs is 3. The van der Waals surface area contributed by atoms with Crippen LogP contribution in [0.4, 0.5) is 21.0 Å². The number of anilines is 2. The predicted molar refractivity (Wildman–Crippen MR) is 150 cm³/mol. The first-order valence-electron chi connectivity index (χ1n) is 13.4. The number of aromatic nitrogens is 1. The van der Waals surface area contributed by atoms with Gasteiger partial charge in [-0.15, -0.1) is 0 Å². The van der Waals surface area contributed by atoms with Crippen LogP contribution in [0, 0.1) is 0 Å². The lowest BCUT2D eigenvalue weighted by Gasteiger charge is -2.51. The molecule has 3 heterocycles. The van der Waals surface area contributed by atoms with Crippen molar-refractivity contribution in [1.29, 1.82) is 0 Å². The maximum absolute atomic E-state index is 14.0. The summed E-state index contributed by atoms with van der Waals surface area (Å²) in [7, 11) is 1.88. The smallest absolute Gasteiger partial charge is 0.329 e. The molecule has 4 amide bonds. The zero-order valence-corrected chi connectivity index (χ0v) is 21.7. The number of urea groups is 2. The Morgan fingerprint density at radius 2 is 1.47 bits per heavy atom. The second kappa shape index (κ2) is 10.2. The molecule has 1 aromatic heterocycles. The fourth-order valence-corrected chi connectivity index (χ4v) is 5.97. The number of carbonyl (C=O) groups excluding carboxylic acids is 2. The van der Waals surface area contributed by atoms with Crippen LogP contribution in [-0.2, 0) is 6.54 Å². The molecule has 7 heteroatoms. The number of amides is 4. The van der Waals surface area contributed by atoms with Crippen molar-refractivity contribution in [3.05, 3.63) is 96.7 Å². The molecule has 0 radical (unpaired) electrons. The lowest BCUT2D eigenvalue weighted by molar-refractivity contribution is 0.0237. The number of H-pyrrole nitrogens is 1. The number of hydrogen-bond acceptors (Lipinski definition) is 2. The van der Waals surface area contributed by atoms with Crippen molar-refractivity contribution in [1.82, 2.24) is 19.7 Å². The van der Waals surface area contributed by atoms with Crippen LogP contribution in [0.2, 0.25) is 0 Å². The van der Waals surface area contributed by atoms with E-state index in [0.717, 1.165) is 47.1 Å². The first-order chi connectivity index (χ1) is 18.6. The lowest BCUT2D eigenvalue weighted by atomic mass is 9.91. The van der Waals surface area contributed by atoms with E-state index in [1.807, 2.05) is 89.8 Å². The third kappa shape index (κ3) is 4.60. The minimum atomic E-state index is -0.0426. The molecule has 1 N–H and O–H groups in total. The summed E-state index contributed by atoms with van der Waals surface area (Å²) < 4.78 is 0. The van der Waals surface area contributed by atoms with Gasteiger partial charge >= 0.3 is 12.1 Å². The number of aromatic amines is 1. The van der Waals surface area contributed by atoms with E-state index in [1.165, 1.54) is 0 Å². The van der Waals surface area contributed by atoms with Crippen LogP contribution in [0.15, 0.2) is 91.1 Å². The molecule has 2 aliphatic rings. The van der Waals surface area contributed by atoms with E-state index >= 15 is 0 Å². The van der Waals surface area contributed by atoms with E-state index in [9.17, 15) is 9.59 Å². The van der Waals surface area contributed by atoms with Crippen LogP contribution >= 0.6 is 0 Å². The van der Waals surface area contributed by atoms with Gasteiger partial charge in [-0.1, -0.05) is 48.5 Å². The number of piperazine rings is 1. The van der Waals surface area contributed by atoms with Gasteiger partial charge in [0.1, 0.15) is 0 Å². The molecule has 38 heavy (non-hydrogen) atoms. The van der Waals surface area contributed by atoms with E-state index in [1.54, 1.807) is 4.90 Å². The number of carbonyl (C=O) groups is 2. The summed E-state index contributed by atoms with van der Waals surface area (Å²) in [5.74, 6) is 0. The van der Waals surface area contributed by atoms with Crippen molar-refractivity contribution >= 4 is 34.3 Å². The summed E-state index contributed by atoms with van der Waals surface area (Å²) in [6.45, 7) is 1.63. The molecule has 0 unspecified atom stereocenters. The standard InChI is InChI=1S/C31H33N5O2/c1-33(20-23-15-16-24-17-18-32-29(24)19-23)30(37)36-27-13-8-14-28(36)22-34(21-27)31(38)35(25-9-4-2-5-10-25)26-11-6-3-7-12-26/h2-7,9-12,15-19,27-28,32H,8,13-14,20-22H2,1H3/t27-,28+. The van der Waals surface area contributed by atoms with Crippen molar-refractivity contribution in [2.45, 2.75) is 37.9 Å². The Kier molecular flexibility index (Phi) is 6.50. The molecule has 3 aromatic carbocycles. The highest BCUT2D eigenvalue weighted by Gasteiger charge is 2.43. The van der Waals surface area contributed by atoms with Gasteiger partial charge < -0.3 is 19.7 Å². The van der Waals surface area contributed by atoms with E-state index in [4.69, 9.17) is 0 Å². The predicted octanol–water partition coefficient (Wildman–Crippen LogP) is 6.22. The zero-order chi connectivity index (χ0) is 26.1. The SMILES string of the molecule is CN(Cc1ccc2cc[nH]c2c1)C(=O)N1[C@@H]2CCC[C@H]1CN(C(=O)N(c1ccccc1)c1ccccc1)C2. The normalized spacial score (nSPS) is 18.9. The maximum Gasteiger partial charge on any atom is 0.329 e. The summed E-state index contributed by atoms with van der Waals surface area (Å²) in [5.41, 5.74) is 3.85. The highest BCUT2D eigenvalue weighted by molar-refractivity contribution is 5.99. The molecule has 0 aliphatic carbocycles. The molecule has 0 spiro atoms. The molecule has 2 atom stereocenters. The number of hydrogen-bond donors (Lipinski definition) is 1. The third-order valence-electron chi connectivity index (χ3n) is 7.80. The molecule has 4 aromatic rings. The topological polar surface area (TPSA) is 62.9 Å². The van der Waals surface area contributed by atoms with Crippen LogP contribution in [0.1, 0.15) is 24.8 Å². The van der Waals surface area contributed by atoms with Crippen molar-refractivity contribution < 1.29 is 9.59 Å². The van der Waals surface area contributed by atoms with Crippen molar-refractivity contribution in [2.75, 3.05) is 25.0 Å². The number of piperidine rings is 1. The minimum Gasteiger partial charge on any atom is -0.361 e. The van der Waals surface area contributed by atoms with Gasteiger partial charge in [0.15, 0.2) is 0 Å². The van der Waals surface area contributed by atoms with Crippen LogP contribution in [0.3, 0.4) is 0 Å². The third-order valence-corrected chi connectivity index (χ3v) is 7.80. The summed E-state index contributed by atoms with van der Waals surface area (Å²) in [6.07, 6.45) is 4.83. The fraction of sp³-hybridized carbons (Fsp3) is 0.290. The van der Waals surface area contributed by atoms with Gasteiger partial charge in [-0.2, -0.15) is 0 Å². The summed E-state index contributed by atoms with van der Waals surface area (Å²) in [6, 6.07) is 27.9. The summed E-state index contributed by atoms with van der Waals surface area (Å²) >= 11 is 0. The number of nitrogens with zero attached hydrogens (tertiary/aromatic N) is 4. The van der Waals surface area contributed by atoms with Gasteiger partial charge in [-0.25, -0.2) is 9.59 Å². The van der Waals surface area contributed by atoms with Gasteiger partial charge in [0, 0.05) is 38.4 Å². The molecule has 2 saturated heterocycles. The van der Waals surface area contributed by atoms with E-state index < -0.39 is 0 Å². The Labute approximate surface area is 223 Å². The van der Waals surface area contributed by atoms with Gasteiger partial charge in [-0.3, -0.25) is 4.90 Å². The Morgan fingerprint density at radius 1 is 0.842 bits per heavy atom. The highest BCUT2D eigenvalue weighted by atomic mass is 16.2. The average Bonchev–Trinajstić information content (AvgIpc) is 3.41. The maximum atomic E-state index is 14.0. The number of likely N-dealkylation sites (tertiary alicyclic amines) is 1. The molecular formula is C31H33N5O2. The molecule has 7 nitrogen and oxygen atoms in total. The molecule has 2 aliphatic heterocycles. The fourth-order valence-electron chi connectivity index (χ4n) is 5.97. The Bertz CT molecular complexity index is 1370. The highest BCUT2D eigenvalue weighted by Crippen LogP contribution is 2.33. The number of nitrogens with one attached hydrogen (secondary N) is 1. The molecule has 2 fully saturated rings. The van der Waals surface area contributed by atoms with Gasteiger partial charge in [0.2, 0.25) is 0 Å². The van der Waals surface area contributed by atoms with E-state index in [0.29, 0.717) is 19.6 Å². The Hall–Kier alpha value is -4.26.